The van der Waals surface area contributed by atoms with Crippen LogP contribution >= 0.6 is 0 Å². The van der Waals surface area contributed by atoms with Crippen LogP contribution in [0.5, 0.6) is 0 Å². The van der Waals surface area contributed by atoms with Gasteiger partial charge < -0.3 is 10.6 Å². The normalized spacial score (nSPS) is 11.6. The molecule has 0 aliphatic carbocycles. The molecule has 0 radical (unpaired) electrons. The largest absolute Gasteiger partial charge is 0.368 e. The van der Waals surface area contributed by atoms with E-state index in [4.69, 9.17) is 11.1 Å². The van der Waals surface area contributed by atoms with Gasteiger partial charge in [-0.05, 0) is 51.3 Å². The van der Waals surface area contributed by atoms with Crippen LogP contribution in [0.15, 0.2) is 23.2 Å². The first-order chi connectivity index (χ1) is 14.8. The summed E-state index contributed by atoms with van der Waals surface area (Å²) in [5, 5.41) is 10.6. The number of guanidine groups is 2. The summed E-state index contributed by atoms with van der Waals surface area (Å²) in [6.45, 7) is 10.4. The smallest absolute Gasteiger partial charge is 0.226 e. The average Bonchev–Trinajstić information content (AvgIpc) is 2.69. The minimum Gasteiger partial charge on any atom is -0.368 e. The Kier molecular flexibility index (Phi) is 12.6. The molecule has 174 valence electrons. The molecule has 0 saturated heterocycles. The molecule has 0 unspecified atom stereocenters. The van der Waals surface area contributed by atoms with E-state index >= 15 is 0 Å². The van der Waals surface area contributed by atoms with Crippen LogP contribution in [0.25, 0.3) is 0 Å². The summed E-state index contributed by atoms with van der Waals surface area (Å²) in [5.74, 6) is -0.0923. The van der Waals surface area contributed by atoms with Gasteiger partial charge in [0.15, 0.2) is 0 Å². The standard InChI is InChI=1S/C25H43N5O/c1-6-7-8-9-10-11-12-13-14-18-23(31)28-25(29-24(26)27)30(19(2)3)22-17-15-16-20(4)21(22)5/h15-17,19H,6-14,18H2,1-5H3,(H4,26,27,28,29,31). The van der Waals surface area contributed by atoms with Gasteiger partial charge in [-0.3, -0.25) is 15.5 Å². The van der Waals surface area contributed by atoms with Crippen molar-refractivity contribution in [2.75, 3.05) is 4.90 Å². The maximum Gasteiger partial charge on any atom is 0.226 e. The molecular weight excluding hydrogens is 386 g/mol. The van der Waals surface area contributed by atoms with Crippen molar-refractivity contribution in [1.82, 2.24) is 5.32 Å². The van der Waals surface area contributed by atoms with Crippen molar-refractivity contribution in [3.63, 3.8) is 0 Å². The van der Waals surface area contributed by atoms with Crippen LogP contribution in [-0.4, -0.2) is 23.9 Å². The van der Waals surface area contributed by atoms with E-state index in [1.165, 1.54) is 44.9 Å². The topological polar surface area (TPSA) is 94.6 Å². The van der Waals surface area contributed by atoms with Gasteiger partial charge in [0.2, 0.25) is 17.8 Å². The van der Waals surface area contributed by atoms with E-state index in [-0.39, 0.29) is 17.9 Å². The van der Waals surface area contributed by atoms with Crippen molar-refractivity contribution in [3.05, 3.63) is 29.3 Å². The van der Waals surface area contributed by atoms with Gasteiger partial charge in [0.25, 0.3) is 0 Å². The number of rotatable bonds is 12. The molecule has 6 heteroatoms. The third kappa shape index (κ3) is 9.99. The second kappa shape index (κ2) is 14.6. The number of nitrogens with two attached hydrogens (primary N) is 1. The molecule has 0 saturated carbocycles. The Morgan fingerprint density at radius 1 is 1.06 bits per heavy atom. The van der Waals surface area contributed by atoms with Crippen molar-refractivity contribution in [1.29, 1.82) is 5.41 Å². The molecule has 0 aromatic heterocycles. The van der Waals surface area contributed by atoms with Gasteiger partial charge in [0.05, 0.1) is 0 Å². The second-order valence-corrected chi connectivity index (χ2v) is 8.63. The fourth-order valence-electron chi connectivity index (χ4n) is 3.67. The number of unbranched alkanes of at least 4 members (excludes halogenated alkanes) is 8. The van der Waals surface area contributed by atoms with Crippen molar-refractivity contribution >= 4 is 23.5 Å². The minimum absolute atomic E-state index is 0.0339. The zero-order valence-electron chi connectivity index (χ0n) is 20.3. The molecule has 0 fully saturated rings. The fraction of sp³-hybridized carbons (Fsp3) is 0.640. The number of amides is 1. The number of hydrogen-bond acceptors (Lipinski definition) is 2. The monoisotopic (exact) mass is 429 g/mol. The van der Waals surface area contributed by atoms with Crippen molar-refractivity contribution in [2.24, 2.45) is 10.7 Å². The fourth-order valence-corrected chi connectivity index (χ4v) is 3.67. The van der Waals surface area contributed by atoms with Crippen LogP contribution < -0.4 is 16.0 Å². The Balaban J connectivity index is 2.68. The molecule has 4 N–H and O–H groups in total. The Morgan fingerprint density at radius 3 is 2.19 bits per heavy atom. The van der Waals surface area contributed by atoms with Crippen LogP contribution in [-0.2, 0) is 4.79 Å². The molecule has 0 bridgehead atoms. The summed E-state index contributed by atoms with van der Waals surface area (Å²) in [7, 11) is 0. The molecule has 1 aromatic rings. The van der Waals surface area contributed by atoms with Crippen molar-refractivity contribution in [3.8, 4) is 0 Å². The predicted molar refractivity (Wildman–Crippen MR) is 133 cm³/mol. The maximum absolute atomic E-state index is 12.6. The molecule has 1 amide bonds. The number of aryl methyl sites for hydroxylation is 1. The molecular formula is C25H43N5O. The highest BCUT2D eigenvalue weighted by Gasteiger charge is 2.22. The Morgan fingerprint density at radius 2 is 1.65 bits per heavy atom. The van der Waals surface area contributed by atoms with E-state index < -0.39 is 0 Å². The van der Waals surface area contributed by atoms with Gasteiger partial charge in [-0.25, -0.2) is 0 Å². The number of nitrogens with one attached hydrogen (secondary N) is 2. The highest BCUT2D eigenvalue weighted by molar-refractivity contribution is 6.10. The summed E-state index contributed by atoms with van der Waals surface area (Å²) in [4.78, 5) is 18.7. The first-order valence-corrected chi connectivity index (χ1v) is 11.9. The summed E-state index contributed by atoms with van der Waals surface area (Å²) < 4.78 is 0. The highest BCUT2D eigenvalue weighted by Crippen LogP contribution is 2.25. The average molecular weight is 430 g/mol. The van der Waals surface area contributed by atoms with Crippen LogP contribution in [0.4, 0.5) is 5.69 Å². The maximum atomic E-state index is 12.6. The van der Waals surface area contributed by atoms with Gasteiger partial charge in [-0.1, -0.05) is 70.4 Å². The summed E-state index contributed by atoms with van der Waals surface area (Å²) in [6, 6.07) is 6.08. The van der Waals surface area contributed by atoms with E-state index in [0.29, 0.717) is 12.4 Å². The van der Waals surface area contributed by atoms with Gasteiger partial charge >= 0.3 is 0 Å². The van der Waals surface area contributed by atoms with Gasteiger partial charge in [0.1, 0.15) is 0 Å². The SMILES string of the molecule is CCCCCCCCCCCC(=O)NC(=NC(=N)N)N(c1cccc(C)c1C)C(C)C. The summed E-state index contributed by atoms with van der Waals surface area (Å²) >= 11 is 0. The number of benzene rings is 1. The lowest BCUT2D eigenvalue weighted by atomic mass is 10.1. The van der Waals surface area contributed by atoms with E-state index in [9.17, 15) is 4.79 Å². The van der Waals surface area contributed by atoms with Crippen LogP contribution in [0.2, 0.25) is 0 Å². The van der Waals surface area contributed by atoms with Crippen LogP contribution in [0, 0.1) is 19.3 Å². The summed E-state index contributed by atoms with van der Waals surface area (Å²) in [5.41, 5.74) is 8.80. The number of hydrogen-bond donors (Lipinski definition) is 3. The zero-order chi connectivity index (χ0) is 23.2. The van der Waals surface area contributed by atoms with Crippen molar-refractivity contribution in [2.45, 2.75) is 105 Å². The predicted octanol–water partition coefficient (Wildman–Crippen LogP) is 5.80. The first-order valence-electron chi connectivity index (χ1n) is 11.9. The Bertz CT molecular complexity index is 727. The van der Waals surface area contributed by atoms with E-state index in [1.54, 1.807) is 0 Å². The molecule has 31 heavy (non-hydrogen) atoms. The van der Waals surface area contributed by atoms with Crippen LogP contribution in [0.1, 0.15) is 96.1 Å². The lowest BCUT2D eigenvalue weighted by Crippen LogP contribution is -2.48. The number of carbonyl (C=O) groups excluding carboxylic acids is 1. The minimum atomic E-state index is -0.325. The summed E-state index contributed by atoms with van der Waals surface area (Å²) in [6.07, 6.45) is 11.4. The first kappa shape index (κ1) is 26.7. The third-order valence-corrected chi connectivity index (χ3v) is 5.57. The second-order valence-electron chi connectivity index (χ2n) is 8.63. The van der Waals surface area contributed by atoms with E-state index in [2.05, 4.69) is 37.1 Å². The quantitative estimate of drug-likeness (QED) is 0.222. The van der Waals surface area contributed by atoms with Gasteiger partial charge in [-0.15, -0.1) is 0 Å². The van der Waals surface area contributed by atoms with E-state index in [1.807, 2.05) is 30.9 Å². The van der Waals surface area contributed by atoms with Gasteiger partial charge in [0, 0.05) is 18.2 Å². The number of nitrogens with zero attached hydrogens (tertiary/aromatic N) is 2. The molecule has 6 nitrogen and oxygen atoms in total. The molecule has 0 spiro atoms. The van der Waals surface area contributed by atoms with E-state index in [0.717, 1.165) is 29.7 Å². The van der Waals surface area contributed by atoms with Gasteiger partial charge in [-0.2, -0.15) is 4.99 Å². The van der Waals surface area contributed by atoms with Crippen molar-refractivity contribution < 1.29 is 4.79 Å². The highest BCUT2D eigenvalue weighted by atomic mass is 16.1. The lowest BCUT2D eigenvalue weighted by molar-refractivity contribution is -0.119. The zero-order valence-corrected chi connectivity index (χ0v) is 20.3. The third-order valence-electron chi connectivity index (χ3n) is 5.57. The molecule has 1 rings (SSSR count). The molecule has 0 heterocycles. The van der Waals surface area contributed by atoms with Crippen LogP contribution in [0.3, 0.4) is 0 Å². The number of aliphatic imine (C=N–C) groups is 1. The molecule has 0 aliphatic rings. The molecule has 0 aliphatic heterocycles. The lowest BCUT2D eigenvalue weighted by Gasteiger charge is -2.31. The molecule has 1 aromatic carbocycles. The number of carbonyl (C=O) groups is 1. The number of anilines is 1. The Hall–Kier alpha value is -2.37. The molecule has 0 atom stereocenters. The Labute approximate surface area is 189 Å².